The Hall–Kier alpha value is -2.86. The Labute approximate surface area is 282 Å². The first-order valence-electron chi connectivity index (χ1n) is 15.2. The number of rotatable bonds is 5. The largest absolute Gasteiger partial charge is 0.490 e. The van der Waals surface area contributed by atoms with Crippen molar-refractivity contribution in [2.75, 3.05) is 11.5 Å². The molecule has 2 aliphatic rings. The number of nitrogens with two attached hydrogens (primary N) is 2. The molecule has 5 rings (SSSR count). The van der Waals surface area contributed by atoms with Crippen LogP contribution in [0.25, 0.3) is 0 Å². The van der Waals surface area contributed by atoms with E-state index in [1.165, 1.54) is 36.7 Å². The van der Waals surface area contributed by atoms with Gasteiger partial charge in [-0.3, -0.25) is 0 Å². The van der Waals surface area contributed by atoms with Gasteiger partial charge in [-0.15, -0.1) is 0 Å². The SMILES string of the molecule is Nc1cccc(B(O)O)c1.Nc1ccccc1B(O)O.OB(O)C1=CCCCC1.OB(O)C1=CCCCCC1.OB(O)c1ccsc1. The van der Waals surface area contributed by atoms with Crippen LogP contribution in [0.1, 0.15) is 57.8 Å². The molecule has 18 heteroatoms. The summed E-state index contributed by atoms with van der Waals surface area (Å²) in [5, 5.41) is 90.0. The van der Waals surface area contributed by atoms with E-state index in [2.05, 4.69) is 0 Å². The maximum Gasteiger partial charge on any atom is 0.490 e. The molecule has 14 N–H and O–H groups in total. The molecule has 1 aromatic heterocycles. The van der Waals surface area contributed by atoms with Crippen LogP contribution in [0, 0.1) is 0 Å². The fourth-order valence-electron chi connectivity index (χ4n) is 4.26. The summed E-state index contributed by atoms with van der Waals surface area (Å²) < 4.78 is 0. The summed E-state index contributed by atoms with van der Waals surface area (Å²) in [4.78, 5) is 0. The van der Waals surface area contributed by atoms with Crippen molar-refractivity contribution in [3.8, 4) is 0 Å². The molecule has 0 atom stereocenters. The zero-order chi connectivity index (χ0) is 35.2. The Morgan fingerprint density at radius 3 is 1.47 bits per heavy atom. The number of benzene rings is 2. The van der Waals surface area contributed by atoms with E-state index in [1.807, 2.05) is 12.2 Å². The molecule has 0 unspecified atom stereocenters. The monoisotopic (exact) mass is 668 g/mol. The lowest BCUT2D eigenvalue weighted by molar-refractivity contribution is 0.413. The van der Waals surface area contributed by atoms with Crippen LogP contribution in [0.15, 0.2) is 88.5 Å². The second-order valence-electron chi connectivity index (χ2n) is 10.6. The van der Waals surface area contributed by atoms with Crippen molar-refractivity contribution in [2.24, 2.45) is 0 Å². The fourth-order valence-corrected chi connectivity index (χ4v) is 4.93. The Kier molecular flexibility index (Phi) is 21.8. The van der Waals surface area contributed by atoms with E-state index in [9.17, 15) is 0 Å². The normalized spacial score (nSPS) is 13.4. The van der Waals surface area contributed by atoms with Crippen molar-refractivity contribution in [2.45, 2.75) is 57.8 Å². The highest BCUT2D eigenvalue weighted by molar-refractivity contribution is 7.09. The minimum atomic E-state index is -1.47. The lowest BCUT2D eigenvalue weighted by Gasteiger charge is -2.10. The molecule has 0 amide bonds. The van der Waals surface area contributed by atoms with Gasteiger partial charge in [-0.2, -0.15) is 11.3 Å². The summed E-state index contributed by atoms with van der Waals surface area (Å²) in [6.45, 7) is 0. The molecule has 252 valence electrons. The van der Waals surface area contributed by atoms with Gasteiger partial charge in [0.2, 0.25) is 0 Å². The Balaban J connectivity index is 0.000000294. The molecular formula is C29H45B5N2O10S. The first-order chi connectivity index (χ1) is 22.3. The number of nitrogen functional groups attached to an aromatic ring is 2. The first kappa shape index (κ1) is 42.2. The van der Waals surface area contributed by atoms with Gasteiger partial charge in [-0.1, -0.05) is 61.4 Å². The number of thiophene rings is 1. The third-order valence-electron chi connectivity index (χ3n) is 6.89. The van der Waals surface area contributed by atoms with E-state index in [1.54, 1.807) is 59.3 Å². The van der Waals surface area contributed by atoms with E-state index in [4.69, 9.17) is 61.7 Å². The highest BCUT2D eigenvalue weighted by Crippen LogP contribution is 2.18. The van der Waals surface area contributed by atoms with Gasteiger partial charge >= 0.3 is 35.6 Å². The molecule has 2 aromatic carbocycles. The van der Waals surface area contributed by atoms with Gasteiger partial charge in [-0.25, -0.2) is 0 Å². The summed E-state index contributed by atoms with van der Waals surface area (Å²) >= 11 is 1.45. The van der Waals surface area contributed by atoms with E-state index >= 15 is 0 Å². The molecule has 2 aliphatic carbocycles. The Morgan fingerprint density at radius 2 is 1.09 bits per heavy atom. The molecule has 0 fully saturated rings. The van der Waals surface area contributed by atoms with Crippen LogP contribution in [0.5, 0.6) is 0 Å². The quantitative estimate of drug-likeness (QED) is 0.112. The van der Waals surface area contributed by atoms with Crippen LogP contribution in [-0.2, 0) is 0 Å². The van der Waals surface area contributed by atoms with Gasteiger partial charge in [0.25, 0.3) is 0 Å². The topological polar surface area (TPSA) is 254 Å². The van der Waals surface area contributed by atoms with Gasteiger partial charge in [0.15, 0.2) is 0 Å². The third-order valence-corrected chi connectivity index (χ3v) is 7.59. The average molecular weight is 668 g/mol. The standard InChI is InChI=1S/C7H13BO2.2C6H8BNO2.C6H11BO2.C4H5BO2S/c9-8(10)7-5-3-1-2-4-6-7;8-6-3-1-2-5(4-6)7(9)10;8-6-4-2-1-3-5(6)7(9)10;8-7(9)6-4-2-1-3-5-6;6-5(7)4-1-2-8-3-4/h5,9-10H,1-4,6H2;2*1-4,9-10H,8H2;4,8-9H,1-3,5H2;1-3,6-7H. The van der Waals surface area contributed by atoms with Crippen LogP contribution in [0.2, 0.25) is 0 Å². The summed E-state index contributed by atoms with van der Waals surface area (Å²) in [5.74, 6) is 0. The number of anilines is 2. The fraction of sp³-hybridized carbons (Fsp3) is 0.310. The van der Waals surface area contributed by atoms with Gasteiger partial charge in [0, 0.05) is 16.8 Å². The van der Waals surface area contributed by atoms with E-state index in [0.717, 1.165) is 49.5 Å². The van der Waals surface area contributed by atoms with Crippen LogP contribution in [0.3, 0.4) is 0 Å². The smallest absolute Gasteiger partial charge is 0.423 e. The van der Waals surface area contributed by atoms with Crippen molar-refractivity contribution in [1.82, 2.24) is 0 Å². The van der Waals surface area contributed by atoms with Crippen molar-refractivity contribution >= 4 is 74.7 Å². The zero-order valence-corrected chi connectivity index (χ0v) is 27.1. The van der Waals surface area contributed by atoms with Crippen molar-refractivity contribution in [3.05, 3.63) is 88.5 Å². The average Bonchev–Trinajstić information content (AvgIpc) is 3.46. The van der Waals surface area contributed by atoms with Crippen LogP contribution >= 0.6 is 11.3 Å². The van der Waals surface area contributed by atoms with Gasteiger partial charge in [0.1, 0.15) is 0 Å². The molecular weight excluding hydrogens is 622 g/mol. The molecule has 12 nitrogen and oxygen atoms in total. The number of hydrogen-bond donors (Lipinski definition) is 12. The summed E-state index contributed by atoms with van der Waals surface area (Å²) in [5.41, 5.74) is 14.6. The minimum Gasteiger partial charge on any atom is -0.423 e. The van der Waals surface area contributed by atoms with E-state index < -0.39 is 35.6 Å². The molecule has 47 heavy (non-hydrogen) atoms. The molecule has 3 aromatic rings. The minimum absolute atomic E-state index is 0.350. The van der Waals surface area contributed by atoms with Gasteiger partial charge in [0.05, 0.1) is 0 Å². The Morgan fingerprint density at radius 1 is 0.532 bits per heavy atom. The second-order valence-corrected chi connectivity index (χ2v) is 11.4. The maximum absolute atomic E-state index is 8.79. The predicted octanol–water partition coefficient (Wildman–Crippen LogP) is -1.29. The Bertz CT molecular complexity index is 1320. The van der Waals surface area contributed by atoms with Crippen LogP contribution in [-0.4, -0.2) is 85.8 Å². The molecule has 0 aliphatic heterocycles. The third kappa shape index (κ3) is 18.9. The van der Waals surface area contributed by atoms with Crippen LogP contribution < -0.4 is 27.9 Å². The van der Waals surface area contributed by atoms with Crippen molar-refractivity contribution in [1.29, 1.82) is 0 Å². The summed E-state index contributed by atoms with van der Waals surface area (Å²) in [7, 11) is -6.62. The maximum atomic E-state index is 8.79. The molecule has 0 saturated heterocycles. The highest BCUT2D eigenvalue weighted by Gasteiger charge is 2.16. The highest BCUT2D eigenvalue weighted by atomic mass is 32.1. The second kappa shape index (κ2) is 24.3. The molecule has 0 radical (unpaired) electrons. The molecule has 0 saturated carbocycles. The van der Waals surface area contributed by atoms with Crippen molar-refractivity contribution < 1.29 is 50.2 Å². The summed E-state index contributed by atoms with van der Waals surface area (Å²) in [6, 6.07) is 14.8. The number of hydrogen-bond acceptors (Lipinski definition) is 13. The molecule has 1 heterocycles. The van der Waals surface area contributed by atoms with E-state index in [-0.39, 0.29) is 0 Å². The zero-order valence-electron chi connectivity index (χ0n) is 26.3. The van der Waals surface area contributed by atoms with Gasteiger partial charge < -0.3 is 61.7 Å². The van der Waals surface area contributed by atoms with Crippen LogP contribution in [0.4, 0.5) is 11.4 Å². The van der Waals surface area contributed by atoms with Gasteiger partial charge in [-0.05, 0) is 95.8 Å². The molecule has 0 spiro atoms. The predicted molar refractivity (Wildman–Crippen MR) is 194 cm³/mol. The first-order valence-corrected chi connectivity index (χ1v) is 16.2. The summed E-state index contributed by atoms with van der Waals surface area (Å²) in [6.07, 6.45) is 13.4. The van der Waals surface area contributed by atoms with Crippen molar-refractivity contribution in [3.63, 3.8) is 0 Å². The van der Waals surface area contributed by atoms with E-state index in [0.29, 0.717) is 27.8 Å². The lowest BCUT2D eigenvalue weighted by Crippen LogP contribution is -2.31. The number of allylic oxidation sites excluding steroid dienone is 4. The number of para-hydroxylation sites is 1. The molecule has 0 bridgehead atoms. The lowest BCUT2D eigenvalue weighted by atomic mass is 9.74.